The topological polar surface area (TPSA) is 85.2 Å². The number of amides is 1. The van der Waals surface area contributed by atoms with Crippen molar-refractivity contribution in [3.63, 3.8) is 0 Å². The van der Waals surface area contributed by atoms with Crippen LogP contribution in [-0.2, 0) is 5.54 Å². The normalized spacial score (nSPS) is 23.1. The highest BCUT2D eigenvalue weighted by Crippen LogP contribution is 2.34. The molecule has 1 aliphatic carbocycles. The van der Waals surface area contributed by atoms with Gasteiger partial charge in [-0.1, -0.05) is 18.6 Å². The summed E-state index contributed by atoms with van der Waals surface area (Å²) in [6.45, 7) is 7.67. The maximum Gasteiger partial charge on any atom is 0.255 e. The summed E-state index contributed by atoms with van der Waals surface area (Å²) in [5.41, 5.74) is 9.24. The Morgan fingerprint density at radius 2 is 1.97 bits per heavy atom. The molecular weight excluding hydrogens is 450 g/mol. The number of nitrogens with two attached hydrogens (primary N) is 1. The molecular formula is C28H37N7O. The zero-order valence-electron chi connectivity index (χ0n) is 21.4. The highest BCUT2D eigenvalue weighted by Gasteiger charge is 2.44. The molecule has 0 bridgehead atoms. The second kappa shape index (κ2) is 9.07. The molecule has 0 unspecified atom stereocenters. The van der Waals surface area contributed by atoms with Gasteiger partial charge >= 0.3 is 0 Å². The minimum absolute atomic E-state index is 0.106. The highest BCUT2D eigenvalue weighted by molar-refractivity contribution is 5.95. The molecule has 3 aliphatic rings. The number of anilines is 1. The van der Waals surface area contributed by atoms with Gasteiger partial charge < -0.3 is 19.8 Å². The largest absolute Gasteiger partial charge is 0.382 e. The molecule has 36 heavy (non-hydrogen) atoms. The van der Waals surface area contributed by atoms with Gasteiger partial charge in [0.1, 0.15) is 5.52 Å². The third-order valence-corrected chi connectivity index (χ3v) is 8.45. The van der Waals surface area contributed by atoms with Gasteiger partial charge in [-0.05, 0) is 58.1 Å². The van der Waals surface area contributed by atoms with E-state index >= 15 is 0 Å². The lowest BCUT2D eigenvalue weighted by atomic mass is 9.91. The molecule has 2 saturated heterocycles. The summed E-state index contributed by atoms with van der Waals surface area (Å²) in [7, 11) is 0. The first-order valence-corrected chi connectivity index (χ1v) is 13.4. The van der Waals surface area contributed by atoms with E-state index in [4.69, 9.17) is 5.73 Å². The van der Waals surface area contributed by atoms with E-state index in [1.807, 2.05) is 30.3 Å². The predicted molar refractivity (Wildman–Crippen MR) is 142 cm³/mol. The maximum atomic E-state index is 13.3. The molecule has 2 fully saturated rings. The lowest BCUT2D eigenvalue weighted by Crippen LogP contribution is -2.62. The first-order chi connectivity index (χ1) is 17.4. The molecule has 0 spiro atoms. The number of aromatic nitrogens is 4. The number of aryl methyl sites for hydroxylation is 1. The summed E-state index contributed by atoms with van der Waals surface area (Å²) < 4.78 is 4.42. The highest BCUT2D eigenvalue weighted by atomic mass is 16.2. The summed E-state index contributed by atoms with van der Waals surface area (Å²) in [6, 6.07) is 5.09. The van der Waals surface area contributed by atoms with Gasteiger partial charge in [-0.25, -0.2) is 9.97 Å². The fourth-order valence-electron chi connectivity index (χ4n) is 6.40. The van der Waals surface area contributed by atoms with Crippen molar-refractivity contribution in [1.29, 1.82) is 0 Å². The minimum atomic E-state index is -0.202. The third-order valence-electron chi connectivity index (χ3n) is 8.45. The van der Waals surface area contributed by atoms with Crippen LogP contribution in [0.4, 0.5) is 5.82 Å². The zero-order valence-corrected chi connectivity index (χ0v) is 21.4. The van der Waals surface area contributed by atoms with Gasteiger partial charge in [0, 0.05) is 56.4 Å². The number of nitrogen functional groups attached to an aromatic ring is 1. The first-order valence-electron chi connectivity index (χ1n) is 13.4. The van der Waals surface area contributed by atoms with Crippen LogP contribution < -0.4 is 5.73 Å². The number of carbonyl (C=O) groups is 1. The van der Waals surface area contributed by atoms with Crippen molar-refractivity contribution in [1.82, 2.24) is 28.9 Å². The van der Waals surface area contributed by atoms with E-state index in [1.165, 1.54) is 25.7 Å². The smallest absolute Gasteiger partial charge is 0.255 e. The van der Waals surface area contributed by atoms with Crippen LogP contribution in [-0.4, -0.2) is 67.0 Å². The van der Waals surface area contributed by atoms with E-state index in [1.54, 1.807) is 0 Å². The summed E-state index contributed by atoms with van der Waals surface area (Å²) >= 11 is 0. The van der Waals surface area contributed by atoms with Gasteiger partial charge in [0.15, 0.2) is 5.82 Å². The van der Waals surface area contributed by atoms with Crippen LogP contribution in [0.25, 0.3) is 11.0 Å². The number of fused-ring (bicyclic) bond motifs is 1. The van der Waals surface area contributed by atoms with Crippen LogP contribution in [0.3, 0.4) is 0 Å². The average Bonchev–Trinajstić information content (AvgIpc) is 3.42. The molecule has 6 rings (SSSR count). The number of nitrogens with zero attached hydrogens (tertiary/aromatic N) is 6. The van der Waals surface area contributed by atoms with Crippen LogP contribution in [0.1, 0.15) is 67.5 Å². The minimum Gasteiger partial charge on any atom is -0.382 e. The Kier molecular flexibility index (Phi) is 5.86. The molecule has 2 aliphatic heterocycles. The lowest BCUT2D eigenvalue weighted by Gasteiger charge is -2.48. The van der Waals surface area contributed by atoms with Crippen molar-refractivity contribution in [3.05, 3.63) is 54.3 Å². The molecule has 8 heteroatoms. The molecule has 0 radical (unpaired) electrons. The molecule has 2 N–H and O–H groups in total. The van der Waals surface area contributed by atoms with Gasteiger partial charge in [-0.15, -0.1) is 0 Å². The van der Waals surface area contributed by atoms with Crippen molar-refractivity contribution in [3.8, 4) is 0 Å². The lowest BCUT2D eigenvalue weighted by molar-refractivity contribution is 0.0223. The van der Waals surface area contributed by atoms with E-state index in [9.17, 15) is 4.79 Å². The van der Waals surface area contributed by atoms with E-state index in [2.05, 4.69) is 55.5 Å². The van der Waals surface area contributed by atoms with Gasteiger partial charge in [-0.3, -0.25) is 9.69 Å². The van der Waals surface area contributed by atoms with Crippen molar-refractivity contribution >= 4 is 22.8 Å². The van der Waals surface area contributed by atoms with E-state index < -0.39 is 0 Å². The molecule has 1 amide bonds. The number of piperidine rings is 1. The molecule has 1 atom stereocenters. The number of rotatable bonds is 4. The summed E-state index contributed by atoms with van der Waals surface area (Å²) in [5, 5.41) is 0. The Labute approximate surface area is 212 Å². The Balaban J connectivity index is 1.08. The number of hydrogen-bond acceptors (Lipinski definition) is 5. The van der Waals surface area contributed by atoms with Crippen molar-refractivity contribution in [2.24, 2.45) is 0 Å². The van der Waals surface area contributed by atoms with Gasteiger partial charge in [0.05, 0.1) is 22.9 Å². The van der Waals surface area contributed by atoms with E-state index in [-0.39, 0.29) is 11.4 Å². The number of carbonyl (C=O) groups excluding carboxylic acids is 1. The number of pyridine rings is 1. The quantitative estimate of drug-likeness (QED) is 0.560. The Bertz CT molecular complexity index is 1290. The fourth-order valence-corrected chi connectivity index (χ4v) is 6.40. The fraction of sp³-hybridized carbons (Fsp3) is 0.536. The summed E-state index contributed by atoms with van der Waals surface area (Å²) in [6.07, 6.45) is 18.2. The first kappa shape index (κ1) is 23.3. The van der Waals surface area contributed by atoms with Gasteiger partial charge in [-0.2, -0.15) is 0 Å². The summed E-state index contributed by atoms with van der Waals surface area (Å²) in [4.78, 5) is 26.7. The molecule has 3 aromatic heterocycles. The maximum absolute atomic E-state index is 13.3. The Hall–Kier alpha value is -3.13. The Morgan fingerprint density at radius 1 is 1.17 bits per heavy atom. The molecule has 190 valence electrons. The zero-order chi connectivity index (χ0) is 24.9. The third kappa shape index (κ3) is 4.11. The number of likely N-dealkylation sites (tertiary alicyclic amines) is 2. The predicted octanol–water partition coefficient (Wildman–Crippen LogP) is 4.13. The monoisotopic (exact) mass is 487 g/mol. The number of allylic oxidation sites excluding steroid dienone is 1. The second-order valence-electron chi connectivity index (χ2n) is 11.2. The second-order valence-corrected chi connectivity index (χ2v) is 11.2. The molecule has 3 aromatic rings. The van der Waals surface area contributed by atoms with Crippen molar-refractivity contribution in [2.75, 3.05) is 31.9 Å². The standard InChI is InChI=1S/C28H37N7O/c1-20-15-24-25(26(29)31-20)30-19-35(24)28(2)17-34(18-28)27(36)21-9-12-33(16-21)23-10-13-32(14-11-23)22-7-5-3-4-6-8-22/h5,7,9,12,15-16,19,22-23H,3-4,6,8,10-11,13-14,17-18H2,1-2H3,(H2,29,31)/t22-/m0/s1. The van der Waals surface area contributed by atoms with Crippen LogP contribution >= 0.6 is 0 Å². The van der Waals surface area contributed by atoms with Crippen molar-refractivity contribution < 1.29 is 4.79 Å². The molecule has 8 nitrogen and oxygen atoms in total. The average molecular weight is 488 g/mol. The Morgan fingerprint density at radius 3 is 2.78 bits per heavy atom. The van der Waals surface area contributed by atoms with E-state index in [0.29, 0.717) is 31.0 Å². The number of imidazole rings is 1. The number of hydrogen-bond donors (Lipinski definition) is 1. The molecule has 0 aromatic carbocycles. The molecule has 0 saturated carbocycles. The van der Waals surface area contributed by atoms with Crippen LogP contribution in [0.5, 0.6) is 0 Å². The van der Waals surface area contributed by atoms with E-state index in [0.717, 1.165) is 48.2 Å². The SMILES string of the molecule is Cc1cc2c(ncn2C2(C)CN(C(=O)c3ccn(C4CCN([C@H]5C=CCCCC5)CC4)c3)C2)c(N)n1. The van der Waals surface area contributed by atoms with Gasteiger partial charge in [0.2, 0.25) is 0 Å². The van der Waals surface area contributed by atoms with Crippen LogP contribution in [0, 0.1) is 6.92 Å². The summed E-state index contributed by atoms with van der Waals surface area (Å²) in [5.74, 6) is 0.562. The van der Waals surface area contributed by atoms with Crippen LogP contribution in [0.15, 0.2) is 43.0 Å². The van der Waals surface area contributed by atoms with Crippen molar-refractivity contribution in [2.45, 2.75) is 70.0 Å². The van der Waals surface area contributed by atoms with Gasteiger partial charge in [0.25, 0.3) is 5.91 Å². The molecule has 5 heterocycles. The van der Waals surface area contributed by atoms with Crippen LogP contribution in [0.2, 0.25) is 0 Å².